The number of nitrogens with zero attached hydrogens (tertiary/aromatic N) is 2. The molecule has 0 saturated carbocycles. The number of esters is 1. The largest absolute Gasteiger partial charge is 0.449 e. The fraction of sp³-hybridized carbons (Fsp3) is 0.389. The average Bonchev–Trinajstić information content (AvgIpc) is 3.10. The van der Waals surface area contributed by atoms with Crippen molar-refractivity contribution in [1.29, 1.82) is 0 Å². The minimum atomic E-state index is -1.16. The second-order valence-corrected chi connectivity index (χ2v) is 6.22. The molecule has 3 amide bonds. The maximum atomic E-state index is 12.4. The third-order valence-electron chi connectivity index (χ3n) is 4.28. The normalized spacial score (nSPS) is 13.7. The molecule has 0 bridgehead atoms. The van der Waals surface area contributed by atoms with E-state index in [4.69, 9.17) is 4.74 Å². The summed E-state index contributed by atoms with van der Waals surface area (Å²) in [6, 6.07) is 3.82. The van der Waals surface area contributed by atoms with Gasteiger partial charge in [-0.3, -0.25) is 19.5 Å². The van der Waals surface area contributed by atoms with Crippen LogP contribution >= 0.6 is 0 Å². The number of hydrogen-bond acceptors (Lipinski definition) is 6. The Bertz CT molecular complexity index is 982. The Kier molecular flexibility index (Phi) is 5.20. The smallest absolute Gasteiger partial charge is 0.338 e. The van der Waals surface area contributed by atoms with E-state index in [0.717, 1.165) is 12.8 Å². The Balaban J connectivity index is 1.76. The van der Waals surface area contributed by atoms with Crippen LogP contribution in [0.25, 0.3) is 10.9 Å². The van der Waals surface area contributed by atoms with Crippen molar-refractivity contribution in [3.8, 4) is 0 Å². The number of amides is 3. The van der Waals surface area contributed by atoms with Gasteiger partial charge in [0, 0.05) is 19.5 Å². The lowest BCUT2D eigenvalue weighted by atomic mass is 10.1. The van der Waals surface area contributed by atoms with Crippen LogP contribution in [0.1, 0.15) is 36.5 Å². The summed E-state index contributed by atoms with van der Waals surface area (Å²) in [5.41, 5.74) is 0.471. The van der Waals surface area contributed by atoms with Crippen molar-refractivity contribution >= 4 is 28.8 Å². The molecule has 1 aliphatic heterocycles. The number of aryl methyl sites for hydroxylation is 1. The molecule has 9 nitrogen and oxygen atoms in total. The second-order valence-electron chi connectivity index (χ2n) is 6.22. The Morgan fingerprint density at radius 1 is 1.33 bits per heavy atom. The van der Waals surface area contributed by atoms with Crippen LogP contribution in [0.3, 0.4) is 0 Å². The van der Waals surface area contributed by atoms with Crippen LogP contribution in [0, 0.1) is 0 Å². The first-order valence-corrected chi connectivity index (χ1v) is 8.74. The van der Waals surface area contributed by atoms with Gasteiger partial charge in [-0.05, 0) is 38.5 Å². The first kappa shape index (κ1) is 18.6. The molecule has 0 unspecified atom stereocenters. The standard InChI is InChI=1S/C18H20N4O5/c1-3-19-18(26)21-15(23)10(2)27-17(25)11-6-7-12-13(9-11)20-14-5-4-8-22(14)16(12)24/h6-7,9-10H,3-5,8H2,1-2H3,(H2,19,21,23,26)/t10-/m1/s1. The summed E-state index contributed by atoms with van der Waals surface area (Å²) < 4.78 is 6.75. The van der Waals surface area contributed by atoms with Gasteiger partial charge in [0.15, 0.2) is 6.10 Å². The highest BCUT2D eigenvalue weighted by molar-refractivity contribution is 5.99. The SMILES string of the molecule is CCNC(=O)NC(=O)[C@@H](C)OC(=O)c1ccc2c(=O)n3c(nc2c1)CCC3. The molecule has 1 aliphatic rings. The van der Waals surface area contributed by atoms with E-state index in [1.54, 1.807) is 11.5 Å². The van der Waals surface area contributed by atoms with Crippen LogP contribution < -0.4 is 16.2 Å². The molecule has 0 saturated heterocycles. The van der Waals surface area contributed by atoms with Gasteiger partial charge >= 0.3 is 12.0 Å². The molecule has 0 radical (unpaired) electrons. The lowest BCUT2D eigenvalue weighted by Gasteiger charge is -2.13. The summed E-state index contributed by atoms with van der Waals surface area (Å²) in [5, 5.41) is 4.92. The van der Waals surface area contributed by atoms with Crippen LogP contribution in [-0.2, 0) is 22.5 Å². The van der Waals surface area contributed by atoms with Crippen molar-refractivity contribution in [2.75, 3.05) is 6.54 Å². The molecule has 1 aromatic heterocycles. The Morgan fingerprint density at radius 2 is 2.11 bits per heavy atom. The van der Waals surface area contributed by atoms with E-state index in [1.165, 1.54) is 25.1 Å². The summed E-state index contributed by atoms with van der Waals surface area (Å²) in [4.78, 5) is 52.5. The van der Waals surface area contributed by atoms with E-state index in [2.05, 4.69) is 15.6 Å². The number of fused-ring (bicyclic) bond motifs is 2. The van der Waals surface area contributed by atoms with Crippen molar-refractivity contribution < 1.29 is 19.1 Å². The maximum Gasteiger partial charge on any atom is 0.338 e. The van der Waals surface area contributed by atoms with Gasteiger partial charge < -0.3 is 10.1 Å². The topological polar surface area (TPSA) is 119 Å². The van der Waals surface area contributed by atoms with E-state index in [9.17, 15) is 19.2 Å². The van der Waals surface area contributed by atoms with Crippen LogP contribution in [0.5, 0.6) is 0 Å². The third kappa shape index (κ3) is 3.81. The van der Waals surface area contributed by atoms with Gasteiger partial charge in [0.1, 0.15) is 5.82 Å². The fourth-order valence-electron chi connectivity index (χ4n) is 2.91. The number of hydrogen-bond donors (Lipinski definition) is 2. The number of ether oxygens (including phenoxy) is 1. The van der Waals surface area contributed by atoms with Crippen molar-refractivity contribution in [1.82, 2.24) is 20.2 Å². The van der Waals surface area contributed by atoms with E-state index < -0.39 is 24.0 Å². The number of carbonyl (C=O) groups excluding carboxylic acids is 3. The van der Waals surface area contributed by atoms with Gasteiger partial charge in [0.05, 0.1) is 16.5 Å². The predicted molar refractivity (Wildman–Crippen MR) is 96.4 cm³/mol. The molecule has 0 fully saturated rings. The molecule has 3 rings (SSSR count). The monoisotopic (exact) mass is 372 g/mol. The predicted octanol–water partition coefficient (Wildman–Crippen LogP) is 0.734. The average molecular weight is 372 g/mol. The van der Waals surface area contributed by atoms with E-state index in [-0.39, 0.29) is 11.1 Å². The molecule has 142 valence electrons. The number of imide groups is 1. The van der Waals surface area contributed by atoms with Crippen molar-refractivity contribution in [3.05, 3.63) is 39.9 Å². The molecule has 0 aliphatic carbocycles. The van der Waals surface area contributed by atoms with Crippen LogP contribution in [-0.4, -0.2) is 40.1 Å². The number of rotatable bonds is 4. The number of urea groups is 1. The molecule has 2 heterocycles. The highest BCUT2D eigenvalue weighted by Gasteiger charge is 2.22. The van der Waals surface area contributed by atoms with Crippen molar-refractivity contribution in [2.24, 2.45) is 0 Å². The lowest BCUT2D eigenvalue weighted by molar-refractivity contribution is -0.127. The van der Waals surface area contributed by atoms with Gasteiger partial charge in [0.2, 0.25) is 0 Å². The number of aromatic nitrogens is 2. The number of benzene rings is 1. The molecule has 1 aromatic carbocycles. The second kappa shape index (κ2) is 7.56. The molecule has 27 heavy (non-hydrogen) atoms. The fourth-order valence-corrected chi connectivity index (χ4v) is 2.91. The summed E-state index contributed by atoms with van der Waals surface area (Å²) >= 11 is 0. The number of nitrogens with one attached hydrogen (secondary N) is 2. The Hall–Kier alpha value is -3.23. The number of carbonyl (C=O) groups is 3. The summed E-state index contributed by atoms with van der Waals surface area (Å²) in [6.07, 6.45) is 0.428. The lowest BCUT2D eigenvalue weighted by Crippen LogP contribution is -2.44. The van der Waals surface area contributed by atoms with Gasteiger partial charge in [-0.1, -0.05) is 0 Å². The molecular weight excluding hydrogens is 352 g/mol. The van der Waals surface area contributed by atoms with Gasteiger partial charge in [-0.2, -0.15) is 0 Å². The summed E-state index contributed by atoms with van der Waals surface area (Å²) in [7, 11) is 0. The van der Waals surface area contributed by atoms with E-state index >= 15 is 0 Å². The van der Waals surface area contributed by atoms with E-state index in [0.29, 0.717) is 29.8 Å². The third-order valence-corrected chi connectivity index (χ3v) is 4.28. The maximum absolute atomic E-state index is 12.4. The minimum Gasteiger partial charge on any atom is -0.449 e. The zero-order valence-electron chi connectivity index (χ0n) is 15.1. The Morgan fingerprint density at radius 3 is 2.85 bits per heavy atom. The van der Waals surface area contributed by atoms with Crippen molar-refractivity contribution in [3.63, 3.8) is 0 Å². The Labute approximate surface area is 154 Å². The summed E-state index contributed by atoms with van der Waals surface area (Å²) in [6.45, 7) is 4.09. The molecule has 2 aromatic rings. The van der Waals surface area contributed by atoms with Gasteiger partial charge in [-0.25, -0.2) is 14.6 Å². The quantitative estimate of drug-likeness (QED) is 0.764. The minimum absolute atomic E-state index is 0.123. The van der Waals surface area contributed by atoms with Gasteiger partial charge in [0.25, 0.3) is 11.5 Å². The van der Waals surface area contributed by atoms with Gasteiger partial charge in [-0.15, -0.1) is 0 Å². The highest BCUT2D eigenvalue weighted by atomic mass is 16.5. The van der Waals surface area contributed by atoms with Crippen LogP contribution in [0.15, 0.2) is 23.0 Å². The highest BCUT2D eigenvalue weighted by Crippen LogP contribution is 2.17. The zero-order valence-corrected chi connectivity index (χ0v) is 15.1. The molecule has 0 spiro atoms. The molecule has 1 atom stereocenters. The van der Waals surface area contributed by atoms with Crippen LogP contribution in [0.2, 0.25) is 0 Å². The molecule has 2 N–H and O–H groups in total. The molecule has 9 heteroatoms. The zero-order chi connectivity index (χ0) is 19.6. The first-order valence-electron chi connectivity index (χ1n) is 8.74. The summed E-state index contributed by atoms with van der Waals surface area (Å²) in [5.74, 6) is -0.769. The van der Waals surface area contributed by atoms with Crippen molar-refractivity contribution in [2.45, 2.75) is 39.3 Å². The van der Waals surface area contributed by atoms with E-state index in [1.807, 2.05) is 0 Å². The molecular formula is C18H20N4O5. The first-order chi connectivity index (χ1) is 12.9. The van der Waals surface area contributed by atoms with Crippen LogP contribution in [0.4, 0.5) is 4.79 Å².